The number of likely N-dealkylation sites (tertiary alicyclic amines) is 1. The van der Waals surface area contributed by atoms with Gasteiger partial charge in [0.15, 0.2) is 0 Å². The number of methoxy groups -OCH3 is 2. The van der Waals surface area contributed by atoms with E-state index >= 15 is 0 Å². The van der Waals surface area contributed by atoms with Gasteiger partial charge in [0, 0.05) is 32.5 Å². The summed E-state index contributed by atoms with van der Waals surface area (Å²) in [7, 11) is 3.41. The first kappa shape index (κ1) is 18.5. The topological polar surface area (TPSA) is 38.8 Å². The second-order valence-electron chi connectivity index (χ2n) is 6.76. The van der Waals surface area contributed by atoms with Gasteiger partial charge in [0.1, 0.15) is 5.75 Å². The van der Waals surface area contributed by atoms with E-state index < -0.39 is 0 Å². The molecule has 0 bridgehead atoms. The number of carbonyl (C=O) groups excluding carboxylic acids is 1. The monoisotopic (exact) mass is 353 g/mol. The molecule has 2 aromatic rings. The molecule has 0 aliphatic carbocycles. The average Bonchev–Trinajstić information content (AvgIpc) is 2.72. The molecule has 0 N–H and O–H groups in total. The van der Waals surface area contributed by atoms with Crippen LogP contribution in [0.4, 0.5) is 0 Å². The standard InChI is InChI=1S/C22H27NO3/c1-25-19-10-8-18(9-11-19)21(17-6-4-3-5-7-17)16-22(24)23-14-12-20(26-2)13-15-23/h3-11,20-21H,12-16H2,1-2H3/t21-/m1/s1. The lowest BCUT2D eigenvalue weighted by molar-refractivity contribution is -0.133. The molecule has 0 radical (unpaired) electrons. The summed E-state index contributed by atoms with van der Waals surface area (Å²) in [4.78, 5) is 14.9. The zero-order valence-electron chi connectivity index (χ0n) is 15.6. The van der Waals surface area contributed by atoms with E-state index in [-0.39, 0.29) is 17.9 Å². The summed E-state index contributed by atoms with van der Waals surface area (Å²) in [6.45, 7) is 1.56. The number of benzene rings is 2. The molecular formula is C22H27NO3. The largest absolute Gasteiger partial charge is 0.497 e. The first-order chi connectivity index (χ1) is 12.7. The molecule has 1 atom stereocenters. The van der Waals surface area contributed by atoms with Gasteiger partial charge < -0.3 is 14.4 Å². The molecule has 1 saturated heterocycles. The predicted molar refractivity (Wildman–Crippen MR) is 103 cm³/mol. The first-order valence-corrected chi connectivity index (χ1v) is 9.20. The third-order valence-electron chi connectivity index (χ3n) is 5.23. The Hall–Kier alpha value is -2.33. The van der Waals surface area contributed by atoms with Crippen LogP contribution in [-0.4, -0.2) is 44.2 Å². The van der Waals surface area contributed by atoms with Crippen molar-refractivity contribution in [2.45, 2.75) is 31.3 Å². The third-order valence-corrected chi connectivity index (χ3v) is 5.23. The summed E-state index contributed by atoms with van der Waals surface area (Å²) in [5.41, 5.74) is 2.30. The molecule has 0 unspecified atom stereocenters. The van der Waals surface area contributed by atoms with Gasteiger partial charge in [-0.1, -0.05) is 42.5 Å². The summed E-state index contributed by atoms with van der Waals surface area (Å²) in [6, 6.07) is 18.3. The van der Waals surface area contributed by atoms with Crippen molar-refractivity contribution in [1.82, 2.24) is 4.90 Å². The summed E-state index contributed by atoms with van der Waals surface area (Å²) >= 11 is 0. The van der Waals surface area contributed by atoms with Crippen molar-refractivity contribution in [3.63, 3.8) is 0 Å². The number of rotatable bonds is 6. The van der Waals surface area contributed by atoms with E-state index in [0.29, 0.717) is 6.42 Å². The predicted octanol–water partition coefficient (Wildman–Crippen LogP) is 3.85. The lowest BCUT2D eigenvalue weighted by Crippen LogP contribution is -2.41. The zero-order chi connectivity index (χ0) is 18.4. The second-order valence-corrected chi connectivity index (χ2v) is 6.76. The van der Waals surface area contributed by atoms with Gasteiger partial charge in [0.25, 0.3) is 0 Å². The van der Waals surface area contributed by atoms with Crippen LogP contribution in [0.3, 0.4) is 0 Å². The van der Waals surface area contributed by atoms with Crippen LogP contribution in [0.1, 0.15) is 36.3 Å². The van der Waals surface area contributed by atoms with Crippen LogP contribution < -0.4 is 4.74 Å². The van der Waals surface area contributed by atoms with Crippen molar-refractivity contribution < 1.29 is 14.3 Å². The number of carbonyl (C=O) groups is 1. The average molecular weight is 353 g/mol. The molecule has 26 heavy (non-hydrogen) atoms. The highest BCUT2D eigenvalue weighted by atomic mass is 16.5. The summed E-state index contributed by atoms with van der Waals surface area (Å²) in [6.07, 6.45) is 2.60. The number of hydrogen-bond donors (Lipinski definition) is 0. The highest BCUT2D eigenvalue weighted by Gasteiger charge is 2.26. The molecule has 4 nitrogen and oxygen atoms in total. The Morgan fingerprint density at radius 3 is 2.19 bits per heavy atom. The molecule has 0 spiro atoms. The van der Waals surface area contributed by atoms with Crippen LogP contribution in [0.5, 0.6) is 5.75 Å². The van der Waals surface area contributed by atoms with Gasteiger partial charge in [0.2, 0.25) is 5.91 Å². The van der Waals surface area contributed by atoms with Gasteiger partial charge in [-0.3, -0.25) is 4.79 Å². The second kappa shape index (κ2) is 8.86. The van der Waals surface area contributed by atoms with Gasteiger partial charge in [0.05, 0.1) is 13.2 Å². The van der Waals surface area contributed by atoms with Crippen molar-refractivity contribution >= 4 is 5.91 Å². The van der Waals surface area contributed by atoms with Crippen LogP contribution in [-0.2, 0) is 9.53 Å². The quantitative estimate of drug-likeness (QED) is 0.792. The normalized spacial score (nSPS) is 16.3. The molecule has 0 saturated carbocycles. The molecule has 1 heterocycles. The summed E-state index contributed by atoms with van der Waals surface area (Å²) in [5.74, 6) is 1.09. The van der Waals surface area contributed by atoms with E-state index in [4.69, 9.17) is 9.47 Å². The van der Waals surface area contributed by atoms with Gasteiger partial charge in [-0.2, -0.15) is 0 Å². The smallest absolute Gasteiger partial charge is 0.223 e. The minimum absolute atomic E-state index is 0.0507. The lowest BCUT2D eigenvalue weighted by Gasteiger charge is -2.32. The van der Waals surface area contributed by atoms with E-state index in [9.17, 15) is 4.79 Å². The Labute approximate surface area is 155 Å². The van der Waals surface area contributed by atoms with E-state index in [1.807, 2.05) is 35.2 Å². The molecule has 3 rings (SSSR count). The van der Waals surface area contributed by atoms with Gasteiger partial charge in [-0.25, -0.2) is 0 Å². The van der Waals surface area contributed by atoms with Gasteiger partial charge in [-0.15, -0.1) is 0 Å². The lowest BCUT2D eigenvalue weighted by atomic mass is 9.88. The van der Waals surface area contributed by atoms with Crippen LogP contribution in [0.2, 0.25) is 0 Å². The fraction of sp³-hybridized carbons (Fsp3) is 0.409. The minimum atomic E-state index is 0.0507. The Kier molecular flexibility index (Phi) is 6.29. The Bertz CT molecular complexity index is 691. The zero-order valence-corrected chi connectivity index (χ0v) is 15.6. The molecule has 1 aliphatic rings. The summed E-state index contributed by atoms with van der Waals surface area (Å²) < 4.78 is 10.7. The third kappa shape index (κ3) is 4.44. The Morgan fingerprint density at radius 1 is 1.00 bits per heavy atom. The van der Waals surface area contributed by atoms with Crippen molar-refractivity contribution in [2.24, 2.45) is 0 Å². The maximum absolute atomic E-state index is 12.9. The molecule has 4 heteroatoms. The van der Waals surface area contributed by atoms with Crippen molar-refractivity contribution in [3.05, 3.63) is 65.7 Å². The van der Waals surface area contributed by atoms with Crippen molar-refractivity contribution in [2.75, 3.05) is 27.3 Å². The van der Waals surface area contributed by atoms with Crippen LogP contribution in [0.25, 0.3) is 0 Å². The molecule has 138 valence electrons. The molecule has 1 aliphatic heterocycles. The van der Waals surface area contributed by atoms with E-state index in [0.717, 1.165) is 42.8 Å². The highest BCUT2D eigenvalue weighted by molar-refractivity contribution is 5.78. The highest BCUT2D eigenvalue weighted by Crippen LogP contribution is 2.30. The maximum Gasteiger partial charge on any atom is 0.223 e. The minimum Gasteiger partial charge on any atom is -0.497 e. The van der Waals surface area contributed by atoms with Gasteiger partial charge in [-0.05, 0) is 36.1 Å². The Balaban J connectivity index is 1.76. The van der Waals surface area contributed by atoms with Gasteiger partial charge >= 0.3 is 0 Å². The van der Waals surface area contributed by atoms with E-state index in [1.54, 1.807) is 14.2 Å². The van der Waals surface area contributed by atoms with Crippen LogP contribution in [0.15, 0.2) is 54.6 Å². The van der Waals surface area contributed by atoms with Crippen LogP contribution >= 0.6 is 0 Å². The molecule has 2 aromatic carbocycles. The van der Waals surface area contributed by atoms with Crippen LogP contribution in [0, 0.1) is 0 Å². The number of hydrogen-bond acceptors (Lipinski definition) is 3. The molecular weight excluding hydrogens is 326 g/mol. The number of ether oxygens (including phenoxy) is 2. The first-order valence-electron chi connectivity index (χ1n) is 9.20. The Morgan fingerprint density at radius 2 is 1.62 bits per heavy atom. The number of amides is 1. The van der Waals surface area contributed by atoms with E-state index in [1.165, 1.54) is 0 Å². The fourth-order valence-corrected chi connectivity index (χ4v) is 3.59. The molecule has 1 fully saturated rings. The number of piperidine rings is 1. The van der Waals surface area contributed by atoms with E-state index in [2.05, 4.69) is 24.3 Å². The number of nitrogens with zero attached hydrogens (tertiary/aromatic N) is 1. The fourth-order valence-electron chi connectivity index (χ4n) is 3.59. The maximum atomic E-state index is 12.9. The summed E-state index contributed by atoms with van der Waals surface area (Å²) in [5, 5.41) is 0. The molecule has 1 amide bonds. The SMILES string of the molecule is COc1ccc([C@H](CC(=O)N2CCC(OC)CC2)c2ccccc2)cc1. The molecule has 0 aromatic heterocycles. The van der Waals surface area contributed by atoms with Crippen molar-refractivity contribution in [3.8, 4) is 5.75 Å². The van der Waals surface area contributed by atoms with Crippen molar-refractivity contribution in [1.29, 1.82) is 0 Å².